The molecule has 2 N–H and O–H groups in total. The first-order chi connectivity index (χ1) is 43.2. The van der Waals surface area contributed by atoms with Crippen molar-refractivity contribution in [3.63, 3.8) is 0 Å². The molecule has 0 saturated carbocycles. The minimum absolute atomic E-state index is 0.667. The second-order valence-electron chi connectivity index (χ2n) is 24.7. The summed E-state index contributed by atoms with van der Waals surface area (Å²) >= 11 is 0. The van der Waals surface area contributed by atoms with Crippen molar-refractivity contribution in [2.75, 3.05) is 67.7 Å². The molecule has 3 aromatic heterocycles. The molecule has 466 valence electrons. The van der Waals surface area contributed by atoms with Crippen LogP contribution >= 0.6 is 0 Å². The van der Waals surface area contributed by atoms with E-state index >= 15 is 0 Å². The van der Waals surface area contributed by atoms with Gasteiger partial charge in [0.05, 0.1) is 49.2 Å². The molecule has 2 aliphatic rings. The molecule has 88 heavy (non-hydrogen) atoms. The Bertz CT molecular complexity index is 3280. The molecule has 0 aliphatic carbocycles. The van der Waals surface area contributed by atoms with Crippen LogP contribution in [0.2, 0.25) is 0 Å². The van der Waals surface area contributed by atoms with E-state index < -0.39 is 0 Å². The van der Waals surface area contributed by atoms with Gasteiger partial charge in [0.25, 0.3) is 0 Å². The van der Waals surface area contributed by atoms with Crippen LogP contribution in [0.1, 0.15) is 178 Å². The van der Waals surface area contributed by atoms with Gasteiger partial charge in [-0.2, -0.15) is 0 Å². The van der Waals surface area contributed by atoms with Crippen molar-refractivity contribution in [1.82, 2.24) is 29.7 Å². The molecule has 5 heterocycles. The number of benzene rings is 4. The number of nitrogens with zero attached hydrogens (tertiary/aromatic N) is 4. The van der Waals surface area contributed by atoms with Crippen molar-refractivity contribution < 1.29 is 18.9 Å². The minimum atomic E-state index is 0.667. The van der Waals surface area contributed by atoms with E-state index in [1.807, 2.05) is 0 Å². The number of ether oxygens (including phenoxy) is 4. The molecular weight excluding hydrogens is 1080 g/mol. The lowest BCUT2D eigenvalue weighted by atomic mass is 10.0. The summed E-state index contributed by atoms with van der Waals surface area (Å²) in [6.07, 6.45) is 35.8. The van der Waals surface area contributed by atoms with E-state index in [4.69, 9.17) is 28.9 Å². The van der Waals surface area contributed by atoms with Crippen LogP contribution in [0.3, 0.4) is 0 Å². The maximum absolute atomic E-state index is 6.38. The Kier molecular flexibility index (Phi) is 25.8. The topological polar surface area (TPSA) is 101 Å². The molecule has 0 amide bonds. The summed E-state index contributed by atoms with van der Waals surface area (Å²) in [7, 11) is 8.46. The lowest BCUT2D eigenvalue weighted by molar-refractivity contribution is 0.293. The fourth-order valence-electron chi connectivity index (χ4n) is 11.9. The van der Waals surface area contributed by atoms with E-state index in [0.29, 0.717) is 26.4 Å². The van der Waals surface area contributed by atoms with Crippen LogP contribution in [0.4, 0.5) is 0 Å². The first-order valence-electron chi connectivity index (χ1n) is 33.6. The van der Waals surface area contributed by atoms with Crippen LogP contribution in [0.15, 0.2) is 121 Å². The van der Waals surface area contributed by atoms with Crippen LogP contribution < -0.4 is 18.9 Å². The highest BCUT2D eigenvalue weighted by atomic mass is 16.5. The molecule has 4 aromatic carbocycles. The predicted octanol–water partition coefficient (Wildman–Crippen LogP) is 20.6. The largest absolute Gasteiger partial charge is 0.494 e. The zero-order valence-corrected chi connectivity index (χ0v) is 54.1. The van der Waals surface area contributed by atoms with Gasteiger partial charge in [0.1, 0.15) is 23.0 Å². The van der Waals surface area contributed by atoms with Gasteiger partial charge in [-0.1, -0.05) is 165 Å². The van der Waals surface area contributed by atoms with Gasteiger partial charge < -0.3 is 38.7 Å². The Labute approximate surface area is 526 Å². The molecular formula is C78H100N6O4. The Morgan fingerprint density at radius 1 is 0.284 bits per heavy atom. The molecule has 0 fully saturated rings. The van der Waals surface area contributed by atoms with Gasteiger partial charge >= 0.3 is 0 Å². The Balaban J connectivity index is 1.12. The van der Waals surface area contributed by atoms with E-state index in [-0.39, 0.29) is 0 Å². The van der Waals surface area contributed by atoms with Gasteiger partial charge in [0, 0.05) is 44.3 Å². The average Bonchev–Trinajstić information content (AvgIpc) is 1.79. The number of unbranched alkanes of at least 4 members (excludes halogenated alkanes) is 18. The molecule has 0 unspecified atom stereocenters. The number of H-pyrrole nitrogens is 2. The molecule has 0 saturated heterocycles. The third-order valence-corrected chi connectivity index (χ3v) is 16.9. The third-order valence-electron chi connectivity index (χ3n) is 16.9. The first-order valence-corrected chi connectivity index (χ1v) is 33.6. The smallest absolute Gasteiger partial charge is 0.119 e. The highest BCUT2D eigenvalue weighted by molar-refractivity contribution is 6.00. The summed E-state index contributed by atoms with van der Waals surface area (Å²) in [4.78, 5) is 23.6. The van der Waals surface area contributed by atoms with Gasteiger partial charge in [0.2, 0.25) is 0 Å². The fraction of sp³-hybridized carbons (Fsp3) is 0.436. The van der Waals surface area contributed by atoms with E-state index in [2.05, 4.69) is 207 Å². The monoisotopic (exact) mass is 1180 g/mol. The predicted molar refractivity (Wildman–Crippen MR) is 373 cm³/mol. The first kappa shape index (κ1) is 65.1. The van der Waals surface area contributed by atoms with Crippen LogP contribution in [-0.2, 0) is 0 Å². The highest BCUT2D eigenvalue weighted by Crippen LogP contribution is 2.40. The number of aromatic amines is 2. The third kappa shape index (κ3) is 19.3. The zero-order valence-electron chi connectivity index (χ0n) is 54.1. The summed E-state index contributed by atoms with van der Waals surface area (Å²) in [5.74, 6) is 3.45. The minimum Gasteiger partial charge on any atom is -0.494 e. The average molecular weight is 1190 g/mol. The van der Waals surface area contributed by atoms with Gasteiger partial charge in [-0.05, 0) is 199 Å². The van der Waals surface area contributed by atoms with E-state index in [1.54, 1.807) is 0 Å². The lowest BCUT2D eigenvalue weighted by Crippen LogP contribution is -2.13. The molecule has 0 spiro atoms. The number of fused-ring (bicyclic) bond motifs is 8. The molecule has 9 rings (SSSR count). The molecule has 0 radical (unpaired) electrons. The SMILES string of the molecule is CCCCCCCCCCCOc1ccc(-c2c3nc(c(-c4ccc(OCCCCN(C)C)cc4)c4nc(c(-c5ccc(OCCCCCCCCCCC)cc5)c5ccc([nH]5)c(-c5ccc(OCCCCN(C)C)cc5)c5ccc2[nH]5)C=C4)C=C3)cc1. The van der Waals surface area contributed by atoms with E-state index in [1.165, 1.54) is 103 Å². The molecule has 10 heteroatoms. The van der Waals surface area contributed by atoms with Crippen molar-refractivity contribution in [2.45, 2.75) is 155 Å². The highest BCUT2D eigenvalue weighted by Gasteiger charge is 2.21. The maximum atomic E-state index is 6.38. The number of nitrogens with one attached hydrogen (secondary N) is 2. The number of hydrogen-bond donors (Lipinski definition) is 2. The summed E-state index contributed by atoms with van der Waals surface area (Å²) in [6.45, 7) is 9.41. The van der Waals surface area contributed by atoms with Crippen molar-refractivity contribution in [1.29, 1.82) is 0 Å². The summed E-state index contributed by atoms with van der Waals surface area (Å²) in [6, 6.07) is 43.0. The van der Waals surface area contributed by atoms with Crippen LogP contribution in [-0.4, -0.2) is 97.4 Å². The number of hydrogen-bond acceptors (Lipinski definition) is 8. The second kappa shape index (κ2) is 35.0. The zero-order chi connectivity index (χ0) is 61.1. The molecule has 7 aromatic rings. The molecule has 0 atom stereocenters. The van der Waals surface area contributed by atoms with E-state index in [0.717, 1.165) is 164 Å². The summed E-state index contributed by atoms with van der Waals surface area (Å²) < 4.78 is 25.4. The van der Waals surface area contributed by atoms with Gasteiger partial charge in [-0.3, -0.25) is 0 Å². The van der Waals surface area contributed by atoms with Crippen molar-refractivity contribution in [3.8, 4) is 67.5 Å². The summed E-state index contributed by atoms with van der Waals surface area (Å²) in [5.41, 5.74) is 15.3. The molecule has 10 nitrogen and oxygen atoms in total. The van der Waals surface area contributed by atoms with Gasteiger partial charge in [-0.25, -0.2) is 9.97 Å². The standard InChI is InChI=1S/C78H100N6O4/c1-7-9-11-13-15-17-19-21-25-55-85-63-37-29-59(30-38-63)75-67-45-49-71(79-67)77(61-33-41-65(42-34-61)87-57-27-23-53-83(3)4)73-51-47-69(81-73)76(60-31-39-64(40-32-60)86-56-26-22-20-18-16-14-12-10-8-2)70-48-52-74(82-70)78(72-50-46-68(75)80-72)62-35-43-66(44-36-62)88-58-28-24-54-84(5)6/h29-52,79,81H,7-28,53-58H2,1-6H3. The maximum Gasteiger partial charge on any atom is 0.119 e. The number of rotatable bonds is 38. The van der Waals surface area contributed by atoms with Crippen LogP contribution in [0.25, 0.3) is 90.9 Å². The normalized spacial score (nSPS) is 12.0. The van der Waals surface area contributed by atoms with Crippen molar-refractivity contribution in [2.24, 2.45) is 0 Å². The van der Waals surface area contributed by atoms with Gasteiger partial charge in [-0.15, -0.1) is 0 Å². The molecule has 2 aliphatic heterocycles. The van der Waals surface area contributed by atoms with Crippen molar-refractivity contribution in [3.05, 3.63) is 144 Å². The van der Waals surface area contributed by atoms with Gasteiger partial charge in [0.15, 0.2) is 0 Å². The lowest BCUT2D eigenvalue weighted by Gasteiger charge is -2.11. The Hall–Kier alpha value is -7.40. The molecule has 8 bridgehead atoms. The Morgan fingerprint density at radius 3 is 0.841 bits per heavy atom. The fourth-order valence-corrected chi connectivity index (χ4v) is 11.9. The second-order valence-corrected chi connectivity index (χ2v) is 24.7. The Morgan fingerprint density at radius 2 is 0.534 bits per heavy atom. The van der Waals surface area contributed by atoms with Crippen molar-refractivity contribution >= 4 is 46.4 Å². The van der Waals surface area contributed by atoms with E-state index in [9.17, 15) is 0 Å². The summed E-state index contributed by atoms with van der Waals surface area (Å²) in [5, 5.41) is 0. The quantitative estimate of drug-likeness (QED) is 0.0369. The van der Waals surface area contributed by atoms with Crippen LogP contribution in [0.5, 0.6) is 23.0 Å². The number of aromatic nitrogens is 4. The van der Waals surface area contributed by atoms with Crippen LogP contribution in [0, 0.1) is 0 Å².